The molecule has 1 fully saturated rings. The van der Waals surface area contributed by atoms with Crippen LogP contribution >= 0.6 is 11.6 Å². The number of methoxy groups -OCH3 is 1. The average molecular weight is 323 g/mol. The van der Waals surface area contributed by atoms with E-state index >= 15 is 0 Å². The van der Waals surface area contributed by atoms with Crippen molar-refractivity contribution in [2.75, 3.05) is 7.11 Å². The van der Waals surface area contributed by atoms with E-state index in [9.17, 15) is 9.90 Å². The number of carbonyl (C=O) groups is 1. The maximum atomic E-state index is 12.4. The van der Waals surface area contributed by atoms with Gasteiger partial charge in [0.15, 0.2) is 11.4 Å². The Kier molecular flexibility index (Phi) is 3.81. The van der Waals surface area contributed by atoms with E-state index < -0.39 is 11.6 Å². The fourth-order valence-electron chi connectivity index (χ4n) is 3.44. The highest BCUT2D eigenvalue weighted by Crippen LogP contribution is 2.47. The molecular formula is C17H19ClO4. The lowest BCUT2D eigenvalue weighted by atomic mass is 9.93. The van der Waals surface area contributed by atoms with E-state index in [1.165, 1.54) is 0 Å². The molecule has 3 rings (SSSR count). The van der Waals surface area contributed by atoms with Crippen molar-refractivity contribution in [3.05, 3.63) is 45.4 Å². The lowest BCUT2D eigenvalue weighted by Crippen LogP contribution is -2.27. The van der Waals surface area contributed by atoms with Crippen LogP contribution in [-0.2, 0) is 14.3 Å². The fourth-order valence-corrected chi connectivity index (χ4v) is 3.74. The summed E-state index contributed by atoms with van der Waals surface area (Å²) in [5, 5.41) is 11.3. The predicted octanol–water partition coefficient (Wildman–Crippen LogP) is 4.04. The van der Waals surface area contributed by atoms with Crippen molar-refractivity contribution in [2.24, 2.45) is 0 Å². The summed E-state index contributed by atoms with van der Waals surface area (Å²) >= 11 is 6.23. The van der Waals surface area contributed by atoms with Gasteiger partial charge in [-0.2, -0.15) is 0 Å². The van der Waals surface area contributed by atoms with Crippen molar-refractivity contribution >= 4 is 17.6 Å². The maximum Gasteiger partial charge on any atom is 0.343 e. The summed E-state index contributed by atoms with van der Waals surface area (Å²) in [5.74, 6) is 0.0938. The molecule has 3 aliphatic rings. The molecule has 1 spiro atoms. The number of hydrogen-bond donors (Lipinski definition) is 1. The molecule has 118 valence electrons. The predicted molar refractivity (Wildman–Crippen MR) is 83.3 cm³/mol. The van der Waals surface area contributed by atoms with E-state index in [-0.39, 0.29) is 11.3 Å². The number of esters is 1. The van der Waals surface area contributed by atoms with Gasteiger partial charge in [-0.05, 0) is 50.3 Å². The third-order valence-corrected chi connectivity index (χ3v) is 4.72. The van der Waals surface area contributed by atoms with Crippen molar-refractivity contribution in [3.63, 3.8) is 0 Å². The van der Waals surface area contributed by atoms with Crippen molar-refractivity contribution in [3.8, 4) is 0 Å². The summed E-state index contributed by atoms with van der Waals surface area (Å²) in [6, 6.07) is 0. The number of halogens is 1. The fraction of sp³-hybridized carbons (Fsp3) is 0.471. The molecule has 22 heavy (non-hydrogen) atoms. The Balaban J connectivity index is 2.13. The minimum absolute atomic E-state index is 0.0389. The summed E-state index contributed by atoms with van der Waals surface area (Å²) < 4.78 is 11.0. The standard InChI is InChI=1S/C17H19ClO4/c1-10-7-11(18)9-12(13(8-10)21-2)14-15(19)17(22-16(14)20)5-3-4-6-17/h7-8,19H,3-6,9H2,1-2H3. The van der Waals surface area contributed by atoms with Gasteiger partial charge in [0.1, 0.15) is 11.3 Å². The number of rotatable bonds is 2. The number of aliphatic hydroxyl groups is 1. The van der Waals surface area contributed by atoms with E-state index in [2.05, 4.69) is 0 Å². The molecule has 0 bridgehead atoms. The highest BCUT2D eigenvalue weighted by Gasteiger charge is 2.51. The Morgan fingerprint density at radius 2 is 2.00 bits per heavy atom. The largest absolute Gasteiger partial charge is 0.507 e. The molecule has 1 heterocycles. The minimum Gasteiger partial charge on any atom is -0.507 e. The van der Waals surface area contributed by atoms with Crippen molar-refractivity contribution in [2.45, 2.75) is 44.6 Å². The van der Waals surface area contributed by atoms with Gasteiger partial charge in [-0.15, -0.1) is 0 Å². The second-order valence-electron chi connectivity index (χ2n) is 6.02. The van der Waals surface area contributed by atoms with Gasteiger partial charge < -0.3 is 14.6 Å². The number of aliphatic hydroxyl groups excluding tert-OH is 1. The van der Waals surface area contributed by atoms with Gasteiger partial charge in [0.2, 0.25) is 0 Å². The highest BCUT2D eigenvalue weighted by molar-refractivity contribution is 6.30. The summed E-state index contributed by atoms with van der Waals surface area (Å²) in [6.45, 7) is 1.91. The second-order valence-corrected chi connectivity index (χ2v) is 6.50. The van der Waals surface area contributed by atoms with Crippen LogP contribution in [0.15, 0.2) is 45.4 Å². The monoisotopic (exact) mass is 322 g/mol. The third-order valence-electron chi connectivity index (χ3n) is 4.48. The zero-order valence-electron chi connectivity index (χ0n) is 12.7. The van der Waals surface area contributed by atoms with E-state index in [0.29, 0.717) is 35.6 Å². The quantitative estimate of drug-likeness (QED) is 0.779. The molecule has 1 N–H and O–H groups in total. The minimum atomic E-state index is -0.834. The number of allylic oxidation sites excluding steroid dienone is 4. The molecule has 1 aliphatic heterocycles. The molecule has 0 aromatic heterocycles. The molecule has 0 atom stereocenters. The molecule has 0 saturated heterocycles. The molecule has 0 aromatic rings. The van der Waals surface area contributed by atoms with Crippen molar-refractivity contribution < 1.29 is 19.4 Å². The van der Waals surface area contributed by atoms with Gasteiger partial charge in [0, 0.05) is 17.0 Å². The van der Waals surface area contributed by atoms with Gasteiger partial charge in [-0.25, -0.2) is 4.79 Å². The van der Waals surface area contributed by atoms with E-state index in [1.54, 1.807) is 7.11 Å². The average Bonchev–Trinajstić information content (AvgIpc) is 2.97. The van der Waals surface area contributed by atoms with Gasteiger partial charge in [0.05, 0.1) is 7.11 Å². The Morgan fingerprint density at radius 1 is 1.32 bits per heavy atom. The number of ether oxygens (including phenoxy) is 2. The van der Waals surface area contributed by atoms with Gasteiger partial charge in [-0.1, -0.05) is 11.6 Å². The second kappa shape index (κ2) is 5.51. The summed E-state index contributed by atoms with van der Waals surface area (Å²) in [6.07, 6.45) is 7.21. The van der Waals surface area contributed by atoms with Crippen LogP contribution in [-0.4, -0.2) is 23.8 Å². The van der Waals surface area contributed by atoms with Gasteiger partial charge in [-0.3, -0.25) is 0 Å². The first kappa shape index (κ1) is 15.2. The van der Waals surface area contributed by atoms with E-state index in [0.717, 1.165) is 18.4 Å². The zero-order valence-corrected chi connectivity index (χ0v) is 13.5. The van der Waals surface area contributed by atoms with Crippen LogP contribution in [0.5, 0.6) is 0 Å². The Hall–Kier alpha value is -1.68. The lowest BCUT2D eigenvalue weighted by Gasteiger charge is -2.21. The third kappa shape index (κ3) is 2.35. The zero-order chi connectivity index (χ0) is 15.9. The molecule has 0 radical (unpaired) electrons. The van der Waals surface area contributed by atoms with Crippen LogP contribution in [0.2, 0.25) is 0 Å². The molecule has 5 heteroatoms. The smallest absolute Gasteiger partial charge is 0.343 e. The maximum absolute atomic E-state index is 12.4. The topological polar surface area (TPSA) is 55.8 Å². The molecule has 4 nitrogen and oxygen atoms in total. The Morgan fingerprint density at radius 3 is 2.64 bits per heavy atom. The first-order valence-corrected chi connectivity index (χ1v) is 7.83. The molecule has 0 aromatic carbocycles. The summed E-state index contributed by atoms with van der Waals surface area (Å²) in [5.41, 5.74) is 0.904. The molecule has 0 unspecified atom stereocenters. The number of hydrogen-bond acceptors (Lipinski definition) is 4. The SMILES string of the molecule is COC1=C(C2=C(O)C3(CCCC3)OC2=O)CC(Cl)=CC(C)=C1. The van der Waals surface area contributed by atoms with Crippen LogP contribution < -0.4 is 0 Å². The molecule has 1 saturated carbocycles. The van der Waals surface area contributed by atoms with E-state index in [4.69, 9.17) is 21.1 Å². The van der Waals surface area contributed by atoms with E-state index in [1.807, 2.05) is 19.1 Å². The Labute approximate surface area is 134 Å². The van der Waals surface area contributed by atoms with Crippen LogP contribution in [0.4, 0.5) is 0 Å². The summed E-state index contributed by atoms with van der Waals surface area (Å²) in [7, 11) is 1.54. The van der Waals surface area contributed by atoms with Crippen LogP contribution in [0.25, 0.3) is 0 Å². The van der Waals surface area contributed by atoms with Crippen molar-refractivity contribution in [1.82, 2.24) is 0 Å². The first-order chi connectivity index (χ1) is 10.5. The molecular weight excluding hydrogens is 304 g/mol. The van der Waals surface area contributed by atoms with Gasteiger partial charge in [0.25, 0.3) is 0 Å². The number of carbonyl (C=O) groups excluding carboxylic acids is 1. The van der Waals surface area contributed by atoms with Crippen molar-refractivity contribution in [1.29, 1.82) is 0 Å². The van der Waals surface area contributed by atoms with Crippen LogP contribution in [0.3, 0.4) is 0 Å². The summed E-state index contributed by atoms with van der Waals surface area (Å²) in [4.78, 5) is 12.4. The Bertz CT molecular complexity index is 646. The van der Waals surface area contributed by atoms with Gasteiger partial charge >= 0.3 is 5.97 Å². The highest BCUT2D eigenvalue weighted by atomic mass is 35.5. The first-order valence-electron chi connectivity index (χ1n) is 7.46. The van der Waals surface area contributed by atoms with Crippen LogP contribution in [0, 0.1) is 0 Å². The molecule has 0 amide bonds. The van der Waals surface area contributed by atoms with Crippen LogP contribution in [0.1, 0.15) is 39.0 Å². The molecule has 2 aliphatic carbocycles. The normalized spacial score (nSPS) is 24.4. The lowest BCUT2D eigenvalue weighted by molar-refractivity contribution is -0.147.